The molecule has 3 rings (SSSR count). The highest BCUT2D eigenvalue weighted by Crippen LogP contribution is 2.27. The van der Waals surface area contributed by atoms with E-state index in [0.717, 1.165) is 5.56 Å². The van der Waals surface area contributed by atoms with Gasteiger partial charge in [0.05, 0.1) is 5.92 Å². The first-order valence-electron chi connectivity index (χ1n) is 8.25. The normalized spacial score (nSPS) is 16.4. The molecule has 1 saturated heterocycles. The largest absolute Gasteiger partial charge is 0.481 e. The number of carbonyl (C=O) groups excluding carboxylic acids is 2. The molecule has 7 nitrogen and oxygen atoms in total. The number of carboxylic acids is 1. The highest BCUT2D eigenvalue weighted by Gasteiger charge is 2.35. The van der Waals surface area contributed by atoms with Crippen LogP contribution < -0.4 is 15.5 Å². The van der Waals surface area contributed by atoms with Gasteiger partial charge in [-0.25, -0.2) is 4.79 Å². The fraction of sp³-hybridized carbons (Fsp3) is 0.211. The lowest BCUT2D eigenvalue weighted by Gasteiger charge is -2.17. The van der Waals surface area contributed by atoms with Crippen LogP contribution >= 0.6 is 0 Å². The van der Waals surface area contributed by atoms with E-state index in [2.05, 4.69) is 10.6 Å². The first-order chi connectivity index (χ1) is 12.5. The number of carbonyl (C=O) groups is 3. The highest BCUT2D eigenvalue weighted by molar-refractivity contribution is 6.00. The van der Waals surface area contributed by atoms with Crippen molar-refractivity contribution in [3.8, 4) is 0 Å². The topological polar surface area (TPSA) is 98.7 Å². The molecule has 0 bridgehead atoms. The number of benzene rings is 2. The molecule has 0 spiro atoms. The molecular weight excluding hydrogens is 334 g/mol. The van der Waals surface area contributed by atoms with E-state index in [1.165, 1.54) is 4.90 Å². The molecule has 2 aromatic rings. The molecule has 3 amide bonds. The Labute approximate surface area is 150 Å². The van der Waals surface area contributed by atoms with Crippen molar-refractivity contribution in [2.45, 2.75) is 13.0 Å². The molecule has 0 saturated carbocycles. The van der Waals surface area contributed by atoms with Gasteiger partial charge in [0.25, 0.3) is 0 Å². The van der Waals surface area contributed by atoms with Crippen LogP contribution in [-0.4, -0.2) is 29.6 Å². The summed E-state index contributed by atoms with van der Waals surface area (Å²) in [5.41, 5.74) is 2.08. The predicted octanol–water partition coefficient (Wildman–Crippen LogP) is 2.45. The van der Waals surface area contributed by atoms with Crippen LogP contribution in [0.2, 0.25) is 0 Å². The van der Waals surface area contributed by atoms with Crippen molar-refractivity contribution < 1.29 is 19.5 Å². The molecule has 1 fully saturated rings. The van der Waals surface area contributed by atoms with Gasteiger partial charge in [-0.3, -0.25) is 9.59 Å². The van der Waals surface area contributed by atoms with Crippen molar-refractivity contribution >= 4 is 29.3 Å². The standard InChI is InChI=1S/C19H19N3O4/c23-17-9-14(18(24)25)12-22(17)16-8-4-7-15(10-16)21-19(26)20-11-13-5-2-1-3-6-13/h1-8,10,14H,9,11-12H2,(H,24,25)(H2,20,21,26). The molecule has 0 aromatic heterocycles. The lowest BCUT2D eigenvalue weighted by Crippen LogP contribution is -2.28. The molecule has 1 unspecified atom stereocenters. The maximum atomic E-state index is 12.0. The number of nitrogens with zero attached hydrogens (tertiary/aromatic N) is 1. The number of carboxylic acid groups (broad SMARTS) is 1. The maximum absolute atomic E-state index is 12.0. The number of hydrogen-bond acceptors (Lipinski definition) is 3. The molecule has 1 atom stereocenters. The summed E-state index contributed by atoms with van der Waals surface area (Å²) in [7, 11) is 0. The van der Waals surface area contributed by atoms with Crippen LogP contribution in [0.1, 0.15) is 12.0 Å². The van der Waals surface area contributed by atoms with E-state index < -0.39 is 11.9 Å². The molecule has 0 radical (unpaired) electrons. The average Bonchev–Trinajstić information content (AvgIpc) is 3.03. The van der Waals surface area contributed by atoms with Crippen molar-refractivity contribution in [2.75, 3.05) is 16.8 Å². The second kappa shape index (κ2) is 7.69. The van der Waals surface area contributed by atoms with Crippen molar-refractivity contribution in [2.24, 2.45) is 5.92 Å². The number of rotatable bonds is 5. The molecule has 26 heavy (non-hydrogen) atoms. The van der Waals surface area contributed by atoms with Crippen LogP contribution in [-0.2, 0) is 16.1 Å². The molecule has 1 heterocycles. The Morgan fingerprint density at radius 2 is 1.88 bits per heavy atom. The summed E-state index contributed by atoms with van der Waals surface area (Å²) in [6, 6.07) is 16.0. The van der Waals surface area contributed by atoms with Gasteiger partial charge >= 0.3 is 12.0 Å². The third-order valence-electron chi connectivity index (χ3n) is 4.19. The van der Waals surface area contributed by atoms with Crippen LogP contribution in [0.4, 0.5) is 16.2 Å². The van der Waals surface area contributed by atoms with E-state index in [1.54, 1.807) is 24.3 Å². The Bertz CT molecular complexity index is 823. The summed E-state index contributed by atoms with van der Waals surface area (Å²) >= 11 is 0. The Kier molecular flexibility index (Phi) is 5.17. The van der Waals surface area contributed by atoms with Crippen LogP contribution in [0.15, 0.2) is 54.6 Å². The first-order valence-corrected chi connectivity index (χ1v) is 8.25. The maximum Gasteiger partial charge on any atom is 0.319 e. The minimum absolute atomic E-state index is 0.00937. The Hall–Kier alpha value is -3.35. The van der Waals surface area contributed by atoms with Gasteiger partial charge in [0.1, 0.15) is 0 Å². The van der Waals surface area contributed by atoms with Gasteiger partial charge in [-0.1, -0.05) is 36.4 Å². The van der Waals surface area contributed by atoms with E-state index in [-0.39, 0.29) is 24.9 Å². The molecule has 1 aliphatic rings. The van der Waals surface area contributed by atoms with E-state index >= 15 is 0 Å². The van der Waals surface area contributed by atoms with Gasteiger partial charge in [-0.05, 0) is 23.8 Å². The predicted molar refractivity (Wildman–Crippen MR) is 96.8 cm³/mol. The molecule has 1 aliphatic heterocycles. The Morgan fingerprint density at radius 1 is 1.12 bits per heavy atom. The zero-order valence-electron chi connectivity index (χ0n) is 14.0. The molecular formula is C19H19N3O4. The summed E-state index contributed by atoms with van der Waals surface area (Å²) in [5, 5.41) is 14.6. The van der Waals surface area contributed by atoms with Crippen LogP contribution in [0, 0.1) is 5.92 Å². The zero-order valence-corrected chi connectivity index (χ0v) is 14.0. The van der Waals surface area contributed by atoms with Crippen molar-refractivity contribution in [1.82, 2.24) is 5.32 Å². The molecule has 134 valence electrons. The minimum Gasteiger partial charge on any atom is -0.481 e. The average molecular weight is 353 g/mol. The Balaban J connectivity index is 1.61. The smallest absolute Gasteiger partial charge is 0.319 e. The molecule has 3 N–H and O–H groups in total. The SMILES string of the molecule is O=C(NCc1ccccc1)Nc1cccc(N2CC(C(=O)O)CC2=O)c1. The fourth-order valence-electron chi connectivity index (χ4n) is 2.83. The van der Waals surface area contributed by atoms with Gasteiger partial charge in [-0.2, -0.15) is 0 Å². The monoisotopic (exact) mass is 353 g/mol. The summed E-state index contributed by atoms with van der Waals surface area (Å²) in [6.07, 6.45) is -0.00937. The number of nitrogens with one attached hydrogen (secondary N) is 2. The second-order valence-electron chi connectivity index (χ2n) is 6.09. The lowest BCUT2D eigenvalue weighted by atomic mass is 10.1. The van der Waals surface area contributed by atoms with Gasteiger partial charge in [-0.15, -0.1) is 0 Å². The molecule has 0 aliphatic carbocycles. The van der Waals surface area contributed by atoms with Crippen LogP contribution in [0.3, 0.4) is 0 Å². The van der Waals surface area contributed by atoms with Crippen molar-refractivity contribution in [1.29, 1.82) is 0 Å². The van der Waals surface area contributed by atoms with Crippen LogP contribution in [0.5, 0.6) is 0 Å². The summed E-state index contributed by atoms with van der Waals surface area (Å²) in [5.74, 6) is -1.91. The van der Waals surface area contributed by atoms with Crippen LogP contribution in [0.25, 0.3) is 0 Å². The number of aliphatic carboxylic acids is 1. The third kappa shape index (κ3) is 4.18. The number of amides is 3. The van der Waals surface area contributed by atoms with Gasteiger partial charge in [0, 0.05) is 30.9 Å². The minimum atomic E-state index is -0.976. The van der Waals surface area contributed by atoms with E-state index in [0.29, 0.717) is 17.9 Å². The second-order valence-corrected chi connectivity index (χ2v) is 6.09. The number of hydrogen-bond donors (Lipinski definition) is 3. The van der Waals surface area contributed by atoms with Gasteiger partial charge < -0.3 is 20.6 Å². The fourth-order valence-corrected chi connectivity index (χ4v) is 2.83. The van der Waals surface area contributed by atoms with Gasteiger partial charge in [0.15, 0.2) is 0 Å². The van der Waals surface area contributed by atoms with E-state index in [4.69, 9.17) is 5.11 Å². The summed E-state index contributed by atoms with van der Waals surface area (Å²) in [4.78, 5) is 36.6. The zero-order chi connectivity index (χ0) is 18.5. The van der Waals surface area contributed by atoms with E-state index in [9.17, 15) is 14.4 Å². The van der Waals surface area contributed by atoms with Gasteiger partial charge in [0.2, 0.25) is 5.91 Å². The molecule has 2 aromatic carbocycles. The lowest BCUT2D eigenvalue weighted by molar-refractivity contribution is -0.141. The third-order valence-corrected chi connectivity index (χ3v) is 4.19. The number of urea groups is 1. The molecule has 7 heteroatoms. The first kappa shape index (κ1) is 17.5. The Morgan fingerprint density at radius 3 is 2.58 bits per heavy atom. The van der Waals surface area contributed by atoms with E-state index in [1.807, 2.05) is 30.3 Å². The summed E-state index contributed by atoms with van der Waals surface area (Å²) in [6.45, 7) is 0.537. The summed E-state index contributed by atoms with van der Waals surface area (Å²) < 4.78 is 0. The highest BCUT2D eigenvalue weighted by atomic mass is 16.4. The van der Waals surface area contributed by atoms with Crippen molar-refractivity contribution in [3.63, 3.8) is 0 Å². The van der Waals surface area contributed by atoms with Crippen molar-refractivity contribution in [3.05, 3.63) is 60.2 Å². The number of anilines is 2. The quantitative estimate of drug-likeness (QED) is 0.769.